The Morgan fingerprint density at radius 1 is 1.00 bits per heavy atom. The molecule has 1 aromatic rings. The lowest BCUT2D eigenvalue weighted by molar-refractivity contribution is 0.209. The highest BCUT2D eigenvalue weighted by Gasteiger charge is 2.16. The van der Waals surface area contributed by atoms with E-state index in [2.05, 4.69) is 19.0 Å². The average Bonchev–Trinajstić information content (AvgIpc) is 2.54. The van der Waals surface area contributed by atoms with Gasteiger partial charge in [-0.1, -0.05) is 87.9 Å². The summed E-state index contributed by atoms with van der Waals surface area (Å²) in [5.41, 5.74) is 1.15. The van der Waals surface area contributed by atoms with Gasteiger partial charge < -0.3 is 10.3 Å². The molecule has 0 bridgehead atoms. The van der Waals surface area contributed by atoms with E-state index in [1.165, 1.54) is 38.5 Å². The third kappa shape index (κ3) is 7.08. The fourth-order valence-electron chi connectivity index (χ4n) is 2.75. The number of benzene rings is 1. The van der Waals surface area contributed by atoms with Gasteiger partial charge in [-0.05, 0) is 18.8 Å². The number of hydrogen-bond donors (Lipinski definition) is 2. The summed E-state index contributed by atoms with van der Waals surface area (Å²) in [5.74, 6) is 0.604. The molecule has 2 atom stereocenters. The number of hydrogen-bond acceptors (Lipinski definition) is 3. The fraction of sp³-hybridized carbons (Fsp3) is 0.632. The SMILES string of the molecule is CCCCCCCC(C)CCC(O)C(=NO)c1ccccc1. The van der Waals surface area contributed by atoms with Crippen LogP contribution in [0.4, 0.5) is 0 Å². The Morgan fingerprint density at radius 3 is 2.32 bits per heavy atom. The number of rotatable bonds is 11. The largest absolute Gasteiger partial charge is 0.411 e. The van der Waals surface area contributed by atoms with E-state index in [-0.39, 0.29) is 0 Å². The van der Waals surface area contributed by atoms with Gasteiger partial charge in [0.1, 0.15) is 5.71 Å². The molecule has 0 saturated heterocycles. The molecule has 0 fully saturated rings. The van der Waals surface area contributed by atoms with Gasteiger partial charge in [0.25, 0.3) is 0 Å². The van der Waals surface area contributed by atoms with Crippen LogP contribution in [0, 0.1) is 5.92 Å². The molecule has 3 nitrogen and oxygen atoms in total. The summed E-state index contributed by atoms with van der Waals surface area (Å²) in [6, 6.07) is 9.38. The van der Waals surface area contributed by atoms with E-state index in [1.807, 2.05) is 30.3 Å². The third-order valence-corrected chi connectivity index (χ3v) is 4.23. The van der Waals surface area contributed by atoms with Crippen LogP contribution in [0.5, 0.6) is 0 Å². The highest BCUT2D eigenvalue weighted by atomic mass is 16.4. The lowest BCUT2D eigenvalue weighted by atomic mass is 9.93. The Morgan fingerprint density at radius 2 is 1.68 bits per heavy atom. The van der Waals surface area contributed by atoms with E-state index in [9.17, 15) is 5.11 Å². The van der Waals surface area contributed by atoms with Gasteiger partial charge in [-0.25, -0.2) is 0 Å². The number of unbranched alkanes of at least 4 members (excludes halogenated alkanes) is 4. The number of aliphatic hydroxyl groups excluding tert-OH is 1. The molecule has 0 amide bonds. The van der Waals surface area contributed by atoms with Crippen molar-refractivity contribution in [2.45, 2.75) is 71.3 Å². The van der Waals surface area contributed by atoms with Crippen molar-refractivity contribution in [3.63, 3.8) is 0 Å². The van der Waals surface area contributed by atoms with Crippen molar-refractivity contribution in [3.8, 4) is 0 Å². The van der Waals surface area contributed by atoms with Crippen LogP contribution in [0.3, 0.4) is 0 Å². The quantitative estimate of drug-likeness (QED) is 0.261. The molecule has 0 radical (unpaired) electrons. The van der Waals surface area contributed by atoms with Crippen LogP contribution in [0.25, 0.3) is 0 Å². The molecule has 22 heavy (non-hydrogen) atoms. The Balaban J connectivity index is 2.30. The molecule has 2 unspecified atom stereocenters. The van der Waals surface area contributed by atoms with Crippen molar-refractivity contribution in [2.24, 2.45) is 11.1 Å². The van der Waals surface area contributed by atoms with E-state index >= 15 is 0 Å². The summed E-state index contributed by atoms with van der Waals surface area (Å²) in [5, 5.41) is 22.7. The maximum absolute atomic E-state index is 10.3. The van der Waals surface area contributed by atoms with Gasteiger partial charge in [-0.2, -0.15) is 0 Å². The minimum absolute atomic E-state index is 0.371. The molecule has 124 valence electrons. The van der Waals surface area contributed by atoms with E-state index in [4.69, 9.17) is 5.21 Å². The lowest BCUT2D eigenvalue weighted by Crippen LogP contribution is -2.22. The molecule has 0 aliphatic heterocycles. The Bertz CT molecular complexity index is 417. The minimum Gasteiger partial charge on any atom is -0.411 e. The molecule has 0 aliphatic rings. The monoisotopic (exact) mass is 305 g/mol. The number of nitrogens with zero attached hydrogens (tertiary/aromatic N) is 1. The highest BCUT2D eigenvalue weighted by Crippen LogP contribution is 2.18. The second-order valence-electron chi connectivity index (χ2n) is 6.25. The van der Waals surface area contributed by atoms with Crippen LogP contribution < -0.4 is 0 Å². The summed E-state index contributed by atoms with van der Waals surface area (Å²) in [4.78, 5) is 0. The molecule has 0 aromatic heterocycles. The van der Waals surface area contributed by atoms with Crippen LogP contribution in [-0.4, -0.2) is 22.1 Å². The molecular weight excluding hydrogens is 274 g/mol. The van der Waals surface area contributed by atoms with Gasteiger partial charge in [0, 0.05) is 5.56 Å². The summed E-state index contributed by atoms with van der Waals surface area (Å²) in [7, 11) is 0. The van der Waals surface area contributed by atoms with Gasteiger partial charge in [0.05, 0.1) is 6.10 Å². The summed E-state index contributed by atoms with van der Waals surface area (Å²) in [6.45, 7) is 4.47. The smallest absolute Gasteiger partial charge is 0.115 e. The lowest BCUT2D eigenvalue weighted by Gasteiger charge is -2.16. The zero-order chi connectivity index (χ0) is 16.2. The third-order valence-electron chi connectivity index (χ3n) is 4.23. The zero-order valence-corrected chi connectivity index (χ0v) is 14.0. The van der Waals surface area contributed by atoms with Crippen LogP contribution in [0.1, 0.15) is 70.8 Å². The topological polar surface area (TPSA) is 52.8 Å². The maximum Gasteiger partial charge on any atom is 0.115 e. The minimum atomic E-state index is -0.699. The standard InChI is InChI=1S/C19H31NO2/c1-3-4-5-6-8-11-16(2)14-15-18(21)19(20-22)17-12-9-7-10-13-17/h7,9-10,12-13,16,18,21-22H,3-6,8,11,14-15H2,1-2H3. The first-order chi connectivity index (χ1) is 10.7. The fourth-order valence-corrected chi connectivity index (χ4v) is 2.75. The van der Waals surface area contributed by atoms with Gasteiger partial charge >= 0.3 is 0 Å². The molecule has 2 N–H and O–H groups in total. The molecule has 0 heterocycles. The first-order valence-electron chi connectivity index (χ1n) is 8.64. The van der Waals surface area contributed by atoms with Crippen molar-refractivity contribution < 1.29 is 10.3 Å². The Kier molecular flexibility index (Phi) is 9.56. The number of aliphatic hydroxyl groups is 1. The predicted molar refractivity (Wildman–Crippen MR) is 92.5 cm³/mol. The Labute approximate surface area is 135 Å². The summed E-state index contributed by atoms with van der Waals surface area (Å²) >= 11 is 0. The van der Waals surface area contributed by atoms with Gasteiger partial charge in [-0.15, -0.1) is 0 Å². The molecule has 0 saturated carbocycles. The predicted octanol–water partition coefficient (Wildman–Crippen LogP) is 5.00. The maximum atomic E-state index is 10.3. The van der Waals surface area contributed by atoms with E-state index in [0.29, 0.717) is 18.1 Å². The van der Waals surface area contributed by atoms with Crippen molar-refractivity contribution in [2.75, 3.05) is 0 Å². The van der Waals surface area contributed by atoms with Crippen molar-refractivity contribution in [1.29, 1.82) is 0 Å². The van der Waals surface area contributed by atoms with Gasteiger partial charge in [0.15, 0.2) is 0 Å². The van der Waals surface area contributed by atoms with Crippen molar-refractivity contribution in [1.82, 2.24) is 0 Å². The zero-order valence-electron chi connectivity index (χ0n) is 14.0. The molecule has 1 aromatic carbocycles. The summed E-state index contributed by atoms with van der Waals surface area (Å²) < 4.78 is 0. The molecule has 0 spiro atoms. The first kappa shape index (κ1) is 18.7. The molecule has 3 heteroatoms. The first-order valence-corrected chi connectivity index (χ1v) is 8.64. The Hall–Kier alpha value is -1.35. The average molecular weight is 305 g/mol. The van der Waals surface area contributed by atoms with E-state index in [1.54, 1.807) is 0 Å². The van der Waals surface area contributed by atoms with Crippen molar-refractivity contribution in [3.05, 3.63) is 35.9 Å². The second kappa shape index (κ2) is 11.2. The molecule has 0 aliphatic carbocycles. The van der Waals surface area contributed by atoms with Gasteiger partial charge in [0.2, 0.25) is 0 Å². The van der Waals surface area contributed by atoms with Crippen LogP contribution in [-0.2, 0) is 0 Å². The van der Waals surface area contributed by atoms with Crippen molar-refractivity contribution >= 4 is 5.71 Å². The summed E-state index contributed by atoms with van der Waals surface area (Å²) in [6.07, 6.45) is 8.66. The molecule has 1 rings (SSSR count). The van der Waals surface area contributed by atoms with Gasteiger partial charge in [-0.3, -0.25) is 0 Å². The second-order valence-corrected chi connectivity index (χ2v) is 6.25. The van der Waals surface area contributed by atoms with Crippen LogP contribution >= 0.6 is 0 Å². The highest BCUT2D eigenvalue weighted by molar-refractivity contribution is 6.03. The number of oxime groups is 1. The van der Waals surface area contributed by atoms with Crippen LogP contribution in [0.2, 0.25) is 0 Å². The molecular formula is C19H31NO2. The van der Waals surface area contributed by atoms with E-state index < -0.39 is 6.10 Å². The van der Waals surface area contributed by atoms with E-state index in [0.717, 1.165) is 12.0 Å². The van der Waals surface area contributed by atoms with Crippen LogP contribution in [0.15, 0.2) is 35.5 Å². The normalized spacial score (nSPS) is 14.8.